The second-order valence-electron chi connectivity index (χ2n) is 5.58. The first-order valence-electron chi connectivity index (χ1n) is 7.49. The lowest BCUT2D eigenvalue weighted by Gasteiger charge is -2.25. The van der Waals surface area contributed by atoms with Crippen molar-refractivity contribution in [3.8, 4) is 11.5 Å². The number of amides is 1. The molecule has 1 amide bonds. The van der Waals surface area contributed by atoms with Crippen LogP contribution in [0.5, 0.6) is 11.5 Å². The molecular weight excluding hydrogens is 282 g/mol. The van der Waals surface area contributed by atoms with E-state index in [9.17, 15) is 4.79 Å². The lowest BCUT2D eigenvalue weighted by atomic mass is 10.1. The van der Waals surface area contributed by atoms with Crippen LogP contribution < -0.4 is 9.47 Å². The van der Waals surface area contributed by atoms with Gasteiger partial charge in [0, 0.05) is 25.8 Å². The number of carbonyl (C=O) groups is 1. The number of benzene rings is 1. The van der Waals surface area contributed by atoms with Crippen LogP contribution in [0.4, 0.5) is 0 Å². The van der Waals surface area contributed by atoms with E-state index in [0.717, 1.165) is 11.3 Å². The number of nitrogens with zero attached hydrogens (tertiary/aromatic N) is 1. The zero-order valence-electron chi connectivity index (χ0n) is 14.2. The third kappa shape index (κ3) is 5.56. The minimum atomic E-state index is 0.0669. The van der Waals surface area contributed by atoms with E-state index in [1.54, 1.807) is 21.3 Å². The van der Waals surface area contributed by atoms with E-state index in [1.807, 2.05) is 23.1 Å². The molecule has 0 aliphatic heterocycles. The van der Waals surface area contributed by atoms with Crippen molar-refractivity contribution in [2.45, 2.75) is 20.3 Å². The van der Waals surface area contributed by atoms with Gasteiger partial charge in [-0.3, -0.25) is 4.79 Å². The summed E-state index contributed by atoms with van der Waals surface area (Å²) in [5, 5.41) is 0. The molecule has 0 radical (unpaired) electrons. The Balaban J connectivity index is 2.87. The number of ether oxygens (including phenoxy) is 3. The van der Waals surface area contributed by atoms with Crippen molar-refractivity contribution >= 4 is 5.91 Å². The van der Waals surface area contributed by atoms with Crippen LogP contribution in [0.2, 0.25) is 0 Å². The number of methoxy groups -OCH3 is 3. The van der Waals surface area contributed by atoms with Gasteiger partial charge in [0.1, 0.15) is 11.5 Å². The van der Waals surface area contributed by atoms with E-state index < -0.39 is 0 Å². The van der Waals surface area contributed by atoms with Crippen molar-refractivity contribution in [3.63, 3.8) is 0 Å². The Kier molecular flexibility index (Phi) is 7.74. The molecule has 0 fully saturated rings. The fourth-order valence-corrected chi connectivity index (χ4v) is 2.25. The first kappa shape index (κ1) is 18.3. The summed E-state index contributed by atoms with van der Waals surface area (Å²) in [6, 6.07) is 5.49. The summed E-state index contributed by atoms with van der Waals surface area (Å²) >= 11 is 0. The third-order valence-electron chi connectivity index (χ3n) is 3.33. The summed E-state index contributed by atoms with van der Waals surface area (Å²) in [6.45, 7) is 6.04. The predicted molar refractivity (Wildman–Crippen MR) is 86.5 cm³/mol. The van der Waals surface area contributed by atoms with Crippen molar-refractivity contribution in [2.24, 2.45) is 5.92 Å². The van der Waals surface area contributed by atoms with Gasteiger partial charge < -0.3 is 19.1 Å². The summed E-state index contributed by atoms with van der Waals surface area (Å²) in [4.78, 5) is 14.4. The average molecular weight is 309 g/mol. The van der Waals surface area contributed by atoms with Crippen molar-refractivity contribution in [1.29, 1.82) is 0 Å². The molecule has 0 unspecified atom stereocenters. The Bertz CT molecular complexity index is 474. The molecule has 0 aliphatic rings. The Hall–Kier alpha value is -1.75. The number of hydrogen-bond acceptors (Lipinski definition) is 4. The van der Waals surface area contributed by atoms with Gasteiger partial charge in [0.25, 0.3) is 0 Å². The van der Waals surface area contributed by atoms with Crippen molar-refractivity contribution in [1.82, 2.24) is 4.90 Å². The van der Waals surface area contributed by atoms with E-state index in [0.29, 0.717) is 31.4 Å². The van der Waals surface area contributed by atoms with Crippen molar-refractivity contribution < 1.29 is 19.0 Å². The molecule has 0 aromatic heterocycles. The number of rotatable bonds is 9. The Morgan fingerprint density at radius 2 is 1.91 bits per heavy atom. The molecule has 22 heavy (non-hydrogen) atoms. The van der Waals surface area contributed by atoms with Gasteiger partial charge in [0.05, 0.1) is 27.2 Å². The summed E-state index contributed by atoms with van der Waals surface area (Å²) < 4.78 is 15.7. The highest BCUT2D eigenvalue weighted by Gasteiger charge is 2.17. The maximum Gasteiger partial charge on any atom is 0.227 e. The highest BCUT2D eigenvalue weighted by molar-refractivity contribution is 5.79. The van der Waals surface area contributed by atoms with Gasteiger partial charge in [-0.1, -0.05) is 13.8 Å². The summed E-state index contributed by atoms with van der Waals surface area (Å²) in [7, 11) is 4.85. The van der Waals surface area contributed by atoms with E-state index >= 15 is 0 Å². The molecule has 1 rings (SSSR count). The molecule has 0 bridgehead atoms. The van der Waals surface area contributed by atoms with Crippen molar-refractivity contribution in [3.05, 3.63) is 23.8 Å². The van der Waals surface area contributed by atoms with Crippen LogP contribution in [0.1, 0.15) is 19.4 Å². The quantitative estimate of drug-likeness (QED) is 0.703. The van der Waals surface area contributed by atoms with Crippen LogP contribution in [0, 0.1) is 5.92 Å². The minimum Gasteiger partial charge on any atom is -0.497 e. The monoisotopic (exact) mass is 309 g/mol. The second kappa shape index (κ2) is 9.30. The van der Waals surface area contributed by atoms with Crippen LogP contribution in [0.25, 0.3) is 0 Å². The smallest absolute Gasteiger partial charge is 0.227 e. The molecule has 1 aromatic carbocycles. The normalized spacial score (nSPS) is 10.6. The second-order valence-corrected chi connectivity index (χ2v) is 5.58. The SMILES string of the molecule is COCCN(CC(C)C)C(=O)Cc1cc(OC)ccc1OC. The van der Waals surface area contributed by atoms with Gasteiger partial charge in [0.2, 0.25) is 5.91 Å². The largest absolute Gasteiger partial charge is 0.497 e. The van der Waals surface area contributed by atoms with E-state index in [1.165, 1.54) is 0 Å². The predicted octanol–water partition coefficient (Wildman–Crippen LogP) is 2.38. The molecule has 1 aromatic rings. The zero-order chi connectivity index (χ0) is 16.5. The summed E-state index contributed by atoms with van der Waals surface area (Å²) in [6.07, 6.45) is 0.288. The van der Waals surface area contributed by atoms with Crippen LogP contribution >= 0.6 is 0 Å². The maximum absolute atomic E-state index is 12.6. The molecule has 0 aliphatic carbocycles. The highest BCUT2D eigenvalue weighted by Crippen LogP contribution is 2.25. The van der Waals surface area contributed by atoms with Gasteiger partial charge in [-0.15, -0.1) is 0 Å². The molecule has 0 atom stereocenters. The molecule has 124 valence electrons. The average Bonchev–Trinajstić information content (AvgIpc) is 2.50. The molecular formula is C17H27NO4. The fraction of sp³-hybridized carbons (Fsp3) is 0.588. The van der Waals surface area contributed by atoms with E-state index in [-0.39, 0.29) is 12.3 Å². The molecule has 0 N–H and O–H groups in total. The zero-order valence-corrected chi connectivity index (χ0v) is 14.2. The third-order valence-corrected chi connectivity index (χ3v) is 3.33. The molecule has 0 saturated carbocycles. The van der Waals surface area contributed by atoms with Gasteiger partial charge >= 0.3 is 0 Å². The van der Waals surface area contributed by atoms with Gasteiger partial charge in [-0.2, -0.15) is 0 Å². The highest BCUT2D eigenvalue weighted by atomic mass is 16.5. The standard InChI is InChI=1S/C17H27NO4/c1-13(2)12-18(8-9-20-3)17(19)11-14-10-15(21-4)6-7-16(14)22-5/h6-7,10,13H,8-9,11-12H2,1-5H3. The van der Waals surface area contributed by atoms with Crippen LogP contribution in [0.15, 0.2) is 18.2 Å². The Morgan fingerprint density at radius 1 is 1.18 bits per heavy atom. The minimum absolute atomic E-state index is 0.0669. The summed E-state index contributed by atoms with van der Waals surface area (Å²) in [5.74, 6) is 1.90. The van der Waals surface area contributed by atoms with Crippen LogP contribution in [0.3, 0.4) is 0 Å². The Labute approximate surface area is 133 Å². The lowest BCUT2D eigenvalue weighted by Crippen LogP contribution is -2.37. The number of carbonyl (C=O) groups excluding carboxylic acids is 1. The molecule has 5 heteroatoms. The number of hydrogen-bond donors (Lipinski definition) is 0. The first-order valence-corrected chi connectivity index (χ1v) is 7.49. The van der Waals surface area contributed by atoms with Gasteiger partial charge in [-0.05, 0) is 24.1 Å². The van der Waals surface area contributed by atoms with Crippen molar-refractivity contribution in [2.75, 3.05) is 41.0 Å². The lowest BCUT2D eigenvalue weighted by molar-refractivity contribution is -0.131. The van der Waals surface area contributed by atoms with Crippen LogP contribution in [-0.4, -0.2) is 51.8 Å². The maximum atomic E-state index is 12.6. The van der Waals surface area contributed by atoms with Gasteiger partial charge in [-0.25, -0.2) is 0 Å². The topological polar surface area (TPSA) is 48.0 Å². The van der Waals surface area contributed by atoms with E-state index in [4.69, 9.17) is 14.2 Å². The fourth-order valence-electron chi connectivity index (χ4n) is 2.25. The van der Waals surface area contributed by atoms with E-state index in [2.05, 4.69) is 13.8 Å². The molecule has 5 nitrogen and oxygen atoms in total. The molecule has 0 heterocycles. The Morgan fingerprint density at radius 3 is 2.45 bits per heavy atom. The molecule has 0 saturated heterocycles. The summed E-state index contributed by atoms with van der Waals surface area (Å²) in [5.41, 5.74) is 0.832. The van der Waals surface area contributed by atoms with Gasteiger partial charge in [0.15, 0.2) is 0 Å². The first-order chi connectivity index (χ1) is 10.5. The molecule has 0 spiro atoms. The van der Waals surface area contributed by atoms with Crippen LogP contribution in [-0.2, 0) is 16.0 Å².